The topological polar surface area (TPSA) is 84.1 Å². The number of hydrogen-bond donors (Lipinski definition) is 2. The standard InChI is InChI=1S/C17H21N5O/c18-17(23)22-10-4-7-14(12-22)20-15-8-9-19-16(21-15)11-13-5-2-1-3-6-13/h1-3,5-6,8-9,14H,4,7,10-12H2,(H2,18,23)(H,19,20,21)/t14-/m1/s1. The average molecular weight is 311 g/mol. The number of likely N-dealkylation sites (tertiary alicyclic amines) is 1. The Kier molecular flexibility index (Phi) is 4.71. The zero-order valence-corrected chi connectivity index (χ0v) is 13.0. The number of nitrogens with zero attached hydrogens (tertiary/aromatic N) is 3. The van der Waals surface area contributed by atoms with Crippen LogP contribution in [0.25, 0.3) is 0 Å². The molecule has 1 aromatic heterocycles. The number of rotatable bonds is 4. The van der Waals surface area contributed by atoms with Gasteiger partial charge in [-0.1, -0.05) is 30.3 Å². The van der Waals surface area contributed by atoms with E-state index in [-0.39, 0.29) is 12.1 Å². The average Bonchev–Trinajstić information content (AvgIpc) is 2.56. The Morgan fingerprint density at radius 2 is 2.13 bits per heavy atom. The number of anilines is 1. The third-order valence-corrected chi connectivity index (χ3v) is 4.00. The first-order chi connectivity index (χ1) is 11.2. The number of nitrogens with two attached hydrogens (primary N) is 1. The molecule has 1 saturated heterocycles. The van der Waals surface area contributed by atoms with Crippen LogP contribution in [0.4, 0.5) is 10.6 Å². The molecule has 0 aliphatic carbocycles. The van der Waals surface area contributed by atoms with Crippen molar-refractivity contribution in [1.82, 2.24) is 14.9 Å². The SMILES string of the molecule is NC(=O)N1CCC[C@@H](Nc2ccnc(Cc3ccccc3)n2)C1. The van der Waals surface area contributed by atoms with E-state index >= 15 is 0 Å². The van der Waals surface area contributed by atoms with E-state index in [0.29, 0.717) is 13.0 Å². The lowest BCUT2D eigenvalue weighted by atomic mass is 10.1. The molecule has 0 unspecified atom stereocenters. The number of primary amides is 1. The van der Waals surface area contributed by atoms with Crippen molar-refractivity contribution < 1.29 is 4.79 Å². The predicted octanol–water partition coefficient (Wildman–Crippen LogP) is 2.02. The summed E-state index contributed by atoms with van der Waals surface area (Å²) in [6.45, 7) is 1.35. The molecule has 1 fully saturated rings. The molecule has 23 heavy (non-hydrogen) atoms. The third kappa shape index (κ3) is 4.18. The summed E-state index contributed by atoms with van der Waals surface area (Å²) in [5.41, 5.74) is 6.55. The quantitative estimate of drug-likeness (QED) is 0.905. The fourth-order valence-corrected chi connectivity index (χ4v) is 2.85. The summed E-state index contributed by atoms with van der Waals surface area (Å²) < 4.78 is 0. The molecule has 1 atom stereocenters. The maximum absolute atomic E-state index is 11.3. The van der Waals surface area contributed by atoms with Crippen LogP contribution < -0.4 is 11.1 Å². The molecule has 2 amide bonds. The number of carbonyl (C=O) groups excluding carboxylic acids is 1. The lowest BCUT2D eigenvalue weighted by Crippen LogP contribution is -2.47. The van der Waals surface area contributed by atoms with Gasteiger partial charge in [-0.15, -0.1) is 0 Å². The molecule has 2 aromatic rings. The van der Waals surface area contributed by atoms with E-state index < -0.39 is 0 Å². The number of benzene rings is 1. The van der Waals surface area contributed by atoms with Gasteiger partial charge in [0.15, 0.2) is 0 Å². The van der Waals surface area contributed by atoms with Gasteiger partial charge in [0.25, 0.3) is 0 Å². The Balaban J connectivity index is 1.64. The largest absolute Gasteiger partial charge is 0.365 e. The minimum atomic E-state index is -0.357. The van der Waals surface area contributed by atoms with Crippen LogP contribution in [0.5, 0.6) is 0 Å². The van der Waals surface area contributed by atoms with Crippen molar-refractivity contribution >= 4 is 11.8 Å². The van der Waals surface area contributed by atoms with Crippen LogP contribution in [0.2, 0.25) is 0 Å². The fraction of sp³-hybridized carbons (Fsp3) is 0.353. The van der Waals surface area contributed by atoms with Crippen molar-refractivity contribution in [2.75, 3.05) is 18.4 Å². The first kappa shape index (κ1) is 15.3. The van der Waals surface area contributed by atoms with E-state index in [1.165, 1.54) is 5.56 Å². The van der Waals surface area contributed by atoms with Crippen LogP contribution in [0, 0.1) is 0 Å². The maximum Gasteiger partial charge on any atom is 0.314 e. The Labute approximate surface area is 135 Å². The van der Waals surface area contributed by atoms with E-state index in [1.54, 1.807) is 11.1 Å². The number of aromatic nitrogens is 2. The van der Waals surface area contributed by atoms with Crippen LogP contribution >= 0.6 is 0 Å². The first-order valence-corrected chi connectivity index (χ1v) is 7.87. The molecular weight excluding hydrogens is 290 g/mol. The van der Waals surface area contributed by atoms with Gasteiger partial charge in [-0.2, -0.15) is 0 Å². The third-order valence-electron chi connectivity index (χ3n) is 4.00. The van der Waals surface area contributed by atoms with Gasteiger partial charge >= 0.3 is 6.03 Å². The van der Waals surface area contributed by atoms with E-state index in [0.717, 1.165) is 31.0 Å². The van der Waals surface area contributed by atoms with Crippen LogP contribution in [0.3, 0.4) is 0 Å². The highest BCUT2D eigenvalue weighted by molar-refractivity contribution is 5.72. The summed E-state index contributed by atoms with van der Waals surface area (Å²) in [7, 11) is 0. The number of urea groups is 1. The zero-order valence-electron chi connectivity index (χ0n) is 13.0. The molecule has 0 bridgehead atoms. The van der Waals surface area contributed by atoms with Crippen molar-refractivity contribution in [3.05, 3.63) is 54.0 Å². The lowest BCUT2D eigenvalue weighted by molar-refractivity contribution is 0.192. The highest BCUT2D eigenvalue weighted by Gasteiger charge is 2.22. The highest BCUT2D eigenvalue weighted by Crippen LogP contribution is 2.15. The second-order valence-corrected chi connectivity index (χ2v) is 5.79. The van der Waals surface area contributed by atoms with Crippen LogP contribution in [0.1, 0.15) is 24.2 Å². The molecule has 1 aliphatic rings. The molecule has 6 heteroatoms. The molecule has 1 aromatic carbocycles. The van der Waals surface area contributed by atoms with Crippen molar-refractivity contribution in [2.45, 2.75) is 25.3 Å². The van der Waals surface area contributed by atoms with Gasteiger partial charge in [0.05, 0.1) is 0 Å². The second-order valence-electron chi connectivity index (χ2n) is 5.79. The van der Waals surface area contributed by atoms with Crippen LogP contribution in [-0.4, -0.2) is 40.0 Å². The summed E-state index contributed by atoms with van der Waals surface area (Å²) >= 11 is 0. The van der Waals surface area contributed by atoms with E-state index in [4.69, 9.17) is 5.73 Å². The molecule has 0 spiro atoms. The maximum atomic E-state index is 11.3. The van der Waals surface area contributed by atoms with Gasteiger partial charge in [-0.3, -0.25) is 0 Å². The monoisotopic (exact) mass is 311 g/mol. The summed E-state index contributed by atoms with van der Waals surface area (Å²) in [6, 6.07) is 11.8. The number of amides is 2. The summed E-state index contributed by atoms with van der Waals surface area (Å²) in [4.78, 5) is 21.9. The highest BCUT2D eigenvalue weighted by atomic mass is 16.2. The fourth-order valence-electron chi connectivity index (χ4n) is 2.85. The summed E-state index contributed by atoms with van der Waals surface area (Å²) in [5.74, 6) is 1.58. The predicted molar refractivity (Wildman–Crippen MR) is 89.1 cm³/mol. The Bertz CT molecular complexity index is 661. The molecule has 0 radical (unpaired) electrons. The molecule has 6 nitrogen and oxygen atoms in total. The van der Waals surface area contributed by atoms with Gasteiger partial charge in [-0.05, 0) is 24.5 Å². The Morgan fingerprint density at radius 3 is 2.91 bits per heavy atom. The summed E-state index contributed by atoms with van der Waals surface area (Å²) in [5, 5.41) is 3.39. The number of nitrogens with one attached hydrogen (secondary N) is 1. The van der Waals surface area contributed by atoms with Crippen molar-refractivity contribution in [3.63, 3.8) is 0 Å². The first-order valence-electron chi connectivity index (χ1n) is 7.87. The van der Waals surface area contributed by atoms with Gasteiger partial charge in [0.2, 0.25) is 0 Å². The van der Waals surface area contributed by atoms with E-state index in [1.807, 2.05) is 24.3 Å². The molecule has 120 valence electrons. The Hall–Kier alpha value is -2.63. The number of piperidine rings is 1. The molecule has 3 N–H and O–H groups in total. The van der Waals surface area contributed by atoms with Gasteiger partial charge in [0.1, 0.15) is 11.6 Å². The lowest BCUT2D eigenvalue weighted by Gasteiger charge is -2.32. The number of hydrogen-bond acceptors (Lipinski definition) is 4. The van der Waals surface area contributed by atoms with Gasteiger partial charge in [-0.25, -0.2) is 14.8 Å². The normalized spacial score (nSPS) is 17.7. The second kappa shape index (κ2) is 7.09. The van der Waals surface area contributed by atoms with Crippen LogP contribution in [-0.2, 0) is 6.42 Å². The smallest absolute Gasteiger partial charge is 0.314 e. The molecular formula is C17H21N5O. The van der Waals surface area contributed by atoms with Crippen LogP contribution in [0.15, 0.2) is 42.6 Å². The van der Waals surface area contributed by atoms with Crippen molar-refractivity contribution in [3.8, 4) is 0 Å². The summed E-state index contributed by atoms with van der Waals surface area (Å²) in [6.07, 6.45) is 4.42. The van der Waals surface area contributed by atoms with Gasteiger partial charge in [0, 0.05) is 31.7 Å². The van der Waals surface area contributed by atoms with Crippen molar-refractivity contribution in [2.24, 2.45) is 5.73 Å². The molecule has 1 aliphatic heterocycles. The van der Waals surface area contributed by atoms with E-state index in [2.05, 4.69) is 27.4 Å². The Morgan fingerprint density at radius 1 is 1.30 bits per heavy atom. The minimum Gasteiger partial charge on any atom is -0.365 e. The zero-order chi connectivity index (χ0) is 16.1. The number of carbonyl (C=O) groups is 1. The minimum absolute atomic E-state index is 0.177. The molecule has 0 saturated carbocycles. The van der Waals surface area contributed by atoms with E-state index in [9.17, 15) is 4.79 Å². The molecule has 2 heterocycles. The van der Waals surface area contributed by atoms with Gasteiger partial charge < -0.3 is 16.0 Å². The van der Waals surface area contributed by atoms with Crippen molar-refractivity contribution in [1.29, 1.82) is 0 Å². The molecule has 3 rings (SSSR count).